The third-order valence-corrected chi connectivity index (χ3v) is 4.48. The van der Waals surface area contributed by atoms with Gasteiger partial charge < -0.3 is 14.9 Å². The van der Waals surface area contributed by atoms with Gasteiger partial charge in [0.25, 0.3) is 0 Å². The Hall–Kier alpha value is -1.55. The summed E-state index contributed by atoms with van der Waals surface area (Å²) in [6.45, 7) is 0. The monoisotopic (exact) mass is 292 g/mol. The van der Waals surface area contributed by atoms with Gasteiger partial charge in [0.05, 0.1) is 19.1 Å². The first-order chi connectivity index (χ1) is 10.1. The Morgan fingerprint density at radius 1 is 1.24 bits per heavy atom. The molecule has 1 aliphatic rings. The van der Waals surface area contributed by atoms with E-state index in [1.165, 1.54) is 0 Å². The first-order valence-electron chi connectivity index (χ1n) is 7.65. The lowest BCUT2D eigenvalue weighted by Gasteiger charge is -2.27. The minimum atomic E-state index is -0.809. The number of carbonyl (C=O) groups is 1. The molecule has 0 aromatic heterocycles. The molecule has 2 N–H and O–H groups in total. The van der Waals surface area contributed by atoms with Crippen LogP contribution < -0.4 is 4.74 Å². The van der Waals surface area contributed by atoms with Crippen LogP contribution in [0.4, 0.5) is 0 Å². The number of aliphatic hydroxyl groups is 1. The van der Waals surface area contributed by atoms with Crippen LogP contribution in [0.1, 0.15) is 37.7 Å². The highest BCUT2D eigenvalue weighted by molar-refractivity contribution is 5.71. The van der Waals surface area contributed by atoms with Gasteiger partial charge in [0.15, 0.2) is 0 Å². The van der Waals surface area contributed by atoms with E-state index in [1.54, 1.807) is 7.11 Å². The van der Waals surface area contributed by atoms with E-state index < -0.39 is 18.0 Å². The molecule has 3 atom stereocenters. The lowest BCUT2D eigenvalue weighted by molar-refractivity contribution is -0.145. The predicted molar refractivity (Wildman–Crippen MR) is 80.4 cm³/mol. The topological polar surface area (TPSA) is 66.8 Å². The Morgan fingerprint density at radius 2 is 1.90 bits per heavy atom. The summed E-state index contributed by atoms with van der Waals surface area (Å²) in [6, 6.07) is 7.49. The van der Waals surface area contributed by atoms with E-state index in [0.717, 1.165) is 43.4 Å². The number of aliphatic carboxylic acids is 1. The van der Waals surface area contributed by atoms with Gasteiger partial charge in [-0.1, -0.05) is 31.4 Å². The molecule has 4 nitrogen and oxygen atoms in total. The number of methoxy groups -OCH3 is 1. The van der Waals surface area contributed by atoms with Crippen LogP contribution in [-0.2, 0) is 11.2 Å². The second-order valence-corrected chi connectivity index (χ2v) is 5.87. The van der Waals surface area contributed by atoms with Crippen LogP contribution in [-0.4, -0.2) is 29.4 Å². The summed E-state index contributed by atoms with van der Waals surface area (Å²) < 4.78 is 5.12. The number of hydrogen-bond acceptors (Lipinski definition) is 3. The molecule has 0 spiro atoms. The van der Waals surface area contributed by atoms with E-state index in [1.807, 2.05) is 24.3 Å². The Bertz CT molecular complexity index is 454. The first kappa shape index (κ1) is 15.8. The molecule has 0 aliphatic heterocycles. The quantitative estimate of drug-likeness (QED) is 0.819. The number of ether oxygens (including phenoxy) is 1. The van der Waals surface area contributed by atoms with Gasteiger partial charge in [-0.05, 0) is 42.9 Å². The lowest BCUT2D eigenvalue weighted by Crippen LogP contribution is -2.33. The maximum atomic E-state index is 11.6. The molecule has 0 amide bonds. The molecule has 3 unspecified atom stereocenters. The maximum absolute atomic E-state index is 11.6. The Kier molecular flexibility index (Phi) is 5.62. The minimum absolute atomic E-state index is 0.146. The van der Waals surface area contributed by atoms with E-state index >= 15 is 0 Å². The minimum Gasteiger partial charge on any atom is -0.497 e. The Balaban J connectivity index is 2.11. The summed E-state index contributed by atoms with van der Waals surface area (Å²) in [7, 11) is 1.61. The van der Waals surface area contributed by atoms with Crippen molar-refractivity contribution in [2.24, 2.45) is 11.8 Å². The molecule has 1 fully saturated rings. The van der Waals surface area contributed by atoms with Crippen molar-refractivity contribution in [2.45, 2.75) is 44.6 Å². The van der Waals surface area contributed by atoms with Crippen molar-refractivity contribution in [3.8, 4) is 5.75 Å². The molecule has 4 heteroatoms. The highest BCUT2D eigenvalue weighted by Crippen LogP contribution is 2.32. The summed E-state index contributed by atoms with van der Waals surface area (Å²) in [4.78, 5) is 11.6. The van der Waals surface area contributed by atoms with Crippen molar-refractivity contribution in [1.29, 1.82) is 0 Å². The van der Waals surface area contributed by atoms with E-state index in [9.17, 15) is 15.0 Å². The van der Waals surface area contributed by atoms with Crippen LogP contribution in [0.15, 0.2) is 24.3 Å². The number of aliphatic hydroxyl groups excluding tert-OH is 1. The van der Waals surface area contributed by atoms with Crippen molar-refractivity contribution in [3.63, 3.8) is 0 Å². The van der Waals surface area contributed by atoms with Gasteiger partial charge in [-0.15, -0.1) is 0 Å². The van der Waals surface area contributed by atoms with Crippen molar-refractivity contribution in [3.05, 3.63) is 29.8 Å². The predicted octanol–water partition coefficient (Wildman–Crippen LogP) is 2.88. The summed E-state index contributed by atoms with van der Waals surface area (Å²) >= 11 is 0. The third kappa shape index (κ3) is 4.21. The SMILES string of the molecule is COc1ccc(CC(C(=O)O)C2CCCCCC2O)cc1. The molecule has 21 heavy (non-hydrogen) atoms. The molecule has 1 aromatic rings. The molecule has 0 heterocycles. The maximum Gasteiger partial charge on any atom is 0.307 e. The fraction of sp³-hybridized carbons (Fsp3) is 0.588. The highest BCUT2D eigenvalue weighted by Gasteiger charge is 2.34. The van der Waals surface area contributed by atoms with E-state index in [2.05, 4.69) is 0 Å². The van der Waals surface area contributed by atoms with Crippen molar-refractivity contribution < 1.29 is 19.7 Å². The van der Waals surface area contributed by atoms with Gasteiger partial charge in [0.1, 0.15) is 5.75 Å². The highest BCUT2D eigenvalue weighted by atomic mass is 16.5. The molecule has 116 valence electrons. The summed E-state index contributed by atoms with van der Waals surface area (Å²) in [5, 5.41) is 19.8. The zero-order valence-electron chi connectivity index (χ0n) is 12.5. The van der Waals surface area contributed by atoms with Crippen molar-refractivity contribution in [1.82, 2.24) is 0 Å². The van der Waals surface area contributed by atoms with Crippen LogP contribution in [0.25, 0.3) is 0 Å². The van der Waals surface area contributed by atoms with E-state index in [4.69, 9.17) is 4.74 Å². The smallest absolute Gasteiger partial charge is 0.307 e. The number of carboxylic acids is 1. The average molecular weight is 292 g/mol. The van der Waals surface area contributed by atoms with Crippen molar-refractivity contribution >= 4 is 5.97 Å². The lowest BCUT2D eigenvalue weighted by atomic mass is 9.80. The molecule has 0 bridgehead atoms. The van der Waals surface area contributed by atoms with Gasteiger partial charge in [0.2, 0.25) is 0 Å². The second-order valence-electron chi connectivity index (χ2n) is 5.87. The molecule has 0 saturated heterocycles. The number of benzene rings is 1. The molecule has 1 aromatic carbocycles. The molecule has 1 aliphatic carbocycles. The Morgan fingerprint density at radius 3 is 2.52 bits per heavy atom. The summed E-state index contributed by atoms with van der Waals surface area (Å²) in [6.07, 6.45) is 4.57. The molecular formula is C17H24O4. The van der Waals surface area contributed by atoms with Gasteiger partial charge in [-0.25, -0.2) is 0 Å². The summed E-state index contributed by atoms with van der Waals surface area (Å²) in [5.74, 6) is -0.713. The zero-order chi connectivity index (χ0) is 15.2. The molecular weight excluding hydrogens is 268 g/mol. The zero-order valence-corrected chi connectivity index (χ0v) is 12.5. The van der Waals surface area contributed by atoms with Crippen LogP contribution in [0.5, 0.6) is 5.75 Å². The van der Waals surface area contributed by atoms with Gasteiger partial charge >= 0.3 is 5.97 Å². The van der Waals surface area contributed by atoms with Gasteiger partial charge in [-0.3, -0.25) is 4.79 Å². The van der Waals surface area contributed by atoms with Crippen LogP contribution in [0.3, 0.4) is 0 Å². The molecule has 2 rings (SSSR count). The normalized spacial score (nSPS) is 24.1. The van der Waals surface area contributed by atoms with Crippen LogP contribution >= 0.6 is 0 Å². The number of carboxylic acid groups (broad SMARTS) is 1. The van der Waals surface area contributed by atoms with Crippen LogP contribution in [0, 0.1) is 11.8 Å². The van der Waals surface area contributed by atoms with E-state index in [-0.39, 0.29) is 5.92 Å². The third-order valence-electron chi connectivity index (χ3n) is 4.48. The standard InChI is InChI=1S/C17H24O4/c1-21-13-9-7-12(8-10-13)11-15(17(19)20)14-5-3-2-4-6-16(14)18/h7-10,14-16,18H,2-6,11H2,1H3,(H,19,20). The van der Waals surface area contributed by atoms with Gasteiger partial charge in [0, 0.05) is 0 Å². The number of hydrogen-bond donors (Lipinski definition) is 2. The van der Waals surface area contributed by atoms with E-state index in [0.29, 0.717) is 6.42 Å². The second kappa shape index (κ2) is 7.46. The largest absolute Gasteiger partial charge is 0.497 e. The number of rotatable bonds is 5. The molecule has 0 radical (unpaired) electrons. The molecule has 1 saturated carbocycles. The fourth-order valence-corrected chi connectivity index (χ4v) is 3.22. The van der Waals surface area contributed by atoms with Gasteiger partial charge in [-0.2, -0.15) is 0 Å². The first-order valence-corrected chi connectivity index (χ1v) is 7.65. The average Bonchev–Trinajstić information content (AvgIpc) is 2.70. The van der Waals surface area contributed by atoms with Crippen molar-refractivity contribution in [2.75, 3.05) is 7.11 Å². The Labute approximate surface area is 125 Å². The van der Waals surface area contributed by atoms with Crippen LogP contribution in [0.2, 0.25) is 0 Å². The fourth-order valence-electron chi connectivity index (χ4n) is 3.22. The summed E-state index contributed by atoms with van der Waals surface area (Å²) in [5.41, 5.74) is 0.972.